The standard InChI is InChI=1S/C61H42N4S2.C49H36N2O2.C6H7NS.CH4/c1-38-19-28-43(29-20-38)64(44-30-21-39(2)22-31-44)45-32-34-46(35-33-45)65-54-16-8-5-13-50(54)58(61-63-53-15-7-10-18-56(53)67-61)59(65)41-25-23-40(24-26-41)57-48-12-4-3-11-47(48)51-37-42(27-36-49(51)57)60-62-52-14-6-9-17-55(52)66-60;1-32-11-20-37(21-12-32)50(38-22-13-33(2)14-23-38)39-24-26-40(27-25-39)51-47-10-6-5-8-42(47)46(31-53)49(51)36-18-16-35(17-19-36)48-43-9-4-3-7-41(43)45-29-34(30-52)15-28-44(45)48;7-5-3-1-2-4-6(5)8;/h3-37,57H,1-2H3;3-31,48H,1-2H3;1-4,8H,7H2;1H4. The van der Waals surface area contributed by atoms with Gasteiger partial charge in [0.05, 0.1) is 42.9 Å². The first-order chi connectivity index (χ1) is 62.8. The number of thiol groups is 1. The van der Waals surface area contributed by atoms with Gasteiger partial charge in [0.25, 0.3) is 0 Å². The molecule has 23 rings (SSSR count). The van der Waals surface area contributed by atoms with Gasteiger partial charge < -0.3 is 24.7 Å². The zero-order chi connectivity index (χ0) is 86.6. The van der Waals surface area contributed by atoms with E-state index < -0.39 is 0 Å². The lowest BCUT2D eigenvalue weighted by Crippen LogP contribution is -2.10. The highest BCUT2D eigenvalue weighted by Crippen LogP contribution is 2.53. The molecule has 2 unspecified atom stereocenters. The quantitative estimate of drug-likeness (QED) is 0.0564. The van der Waals surface area contributed by atoms with Crippen LogP contribution in [0.3, 0.4) is 0 Å². The molecule has 2 atom stereocenters. The number of nitrogen functional groups attached to an aromatic ring is 1. The Morgan fingerprint density at radius 3 is 1.18 bits per heavy atom. The zero-order valence-corrected chi connectivity index (χ0v) is 73.3. The number of aldehydes is 2. The summed E-state index contributed by atoms with van der Waals surface area (Å²) in [5.74, 6) is 0.154. The fourth-order valence-corrected chi connectivity index (χ4v) is 20.7. The van der Waals surface area contributed by atoms with E-state index in [-0.39, 0.29) is 19.3 Å². The Bertz CT molecular complexity index is 7610. The molecule has 9 nitrogen and oxygen atoms in total. The SMILES string of the molecule is C.Cc1ccc(N(c2ccc(C)cc2)c2ccc(-n3c(-c4ccc(C5c6ccccc6-c6cc(-c7nc8ccccc8s7)ccc65)cc4)c(-c4nc5ccccc5s4)c4ccccc43)cc2)cc1.Cc1ccc(N(c2ccc(C)cc2)c2ccc(-n3c(-c4ccc(C5c6ccccc6-c6cc(C=O)ccc65)cc4)c(C=O)c4ccccc43)cc2)cc1.Nc1ccccc1S. The lowest BCUT2D eigenvalue weighted by molar-refractivity contribution is 0.111. The number of fused-ring (bicyclic) bond motifs is 10. The van der Waals surface area contributed by atoms with Gasteiger partial charge in [0.15, 0.2) is 6.29 Å². The van der Waals surface area contributed by atoms with Crippen molar-refractivity contribution in [2.24, 2.45) is 0 Å². The molecule has 0 radical (unpaired) electrons. The van der Waals surface area contributed by atoms with Crippen LogP contribution in [0, 0.1) is 27.7 Å². The van der Waals surface area contributed by atoms with E-state index in [4.69, 9.17) is 15.7 Å². The van der Waals surface area contributed by atoms with Crippen molar-refractivity contribution in [2.45, 2.75) is 51.9 Å². The molecule has 2 aliphatic rings. The molecule has 0 amide bonds. The predicted molar refractivity (Wildman–Crippen MR) is 544 cm³/mol. The number of hydrogen-bond acceptors (Lipinski definition) is 10. The normalized spacial score (nSPS) is 12.7. The highest BCUT2D eigenvalue weighted by atomic mass is 32.1. The van der Waals surface area contributed by atoms with E-state index in [9.17, 15) is 9.59 Å². The average Bonchev–Trinajstić information content (AvgIpc) is 1.60. The Morgan fingerprint density at radius 2 is 0.713 bits per heavy atom. The number of nitrogens with two attached hydrogens (primary N) is 1. The minimum Gasteiger partial charge on any atom is -0.398 e. The van der Waals surface area contributed by atoms with Crippen LogP contribution in [0.2, 0.25) is 0 Å². The summed E-state index contributed by atoms with van der Waals surface area (Å²) in [7, 11) is 0. The van der Waals surface area contributed by atoms with Gasteiger partial charge in [0.1, 0.15) is 16.3 Å². The van der Waals surface area contributed by atoms with E-state index in [1.165, 1.54) is 76.0 Å². The maximum absolute atomic E-state index is 12.9. The summed E-state index contributed by atoms with van der Waals surface area (Å²) in [6.07, 6.45) is 1.90. The summed E-state index contributed by atoms with van der Waals surface area (Å²) in [6, 6.07) is 142. The Hall–Kier alpha value is -15.3. The number of rotatable bonds is 16. The van der Waals surface area contributed by atoms with E-state index in [0.29, 0.717) is 11.1 Å². The van der Waals surface area contributed by atoms with Crippen molar-refractivity contribution in [3.8, 4) is 77.3 Å². The number of nitrogens with zero attached hydrogens (tertiary/aromatic N) is 6. The smallest absolute Gasteiger partial charge is 0.152 e. The predicted octanol–water partition coefficient (Wildman–Crippen LogP) is 31.5. The van der Waals surface area contributed by atoms with Crippen molar-refractivity contribution in [3.63, 3.8) is 0 Å². The topological polar surface area (TPSA) is 102 Å². The van der Waals surface area contributed by atoms with Crippen LogP contribution in [0.15, 0.2) is 405 Å². The van der Waals surface area contributed by atoms with Crippen LogP contribution in [0.4, 0.5) is 39.8 Å². The third-order valence-electron chi connectivity index (χ3n) is 24.8. The molecule has 21 aromatic rings. The second-order valence-electron chi connectivity index (χ2n) is 32.9. The molecule has 622 valence electrons. The molecule has 0 saturated heterocycles. The van der Waals surface area contributed by atoms with Crippen LogP contribution >= 0.6 is 35.3 Å². The van der Waals surface area contributed by atoms with E-state index in [1.807, 2.05) is 54.6 Å². The first-order valence-corrected chi connectivity index (χ1v) is 45.1. The third-order valence-corrected chi connectivity index (χ3v) is 27.4. The van der Waals surface area contributed by atoms with Gasteiger partial charge in [0, 0.05) is 101 Å². The molecule has 129 heavy (non-hydrogen) atoms. The number of aromatic nitrogens is 4. The second-order valence-corrected chi connectivity index (χ2v) is 35.5. The van der Waals surface area contributed by atoms with Gasteiger partial charge in [-0.25, -0.2) is 9.97 Å². The number of benzene rings is 17. The van der Waals surface area contributed by atoms with Gasteiger partial charge in [-0.1, -0.05) is 272 Å². The Balaban J connectivity index is 0.000000151. The minimum absolute atomic E-state index is 0. The van der Waals surface area contributed by atoms with Crippen molar-refractivity contribution in [1.82, 2.24) is 19.1 Å². The van der Waals surface area contributed by atoms with Crippen molar-refractivity contribution in [1.29, 1.82) is 0 Å². The minimum atomic E-state index is 0. The summed E-state index contributed by atoms with van der Waals surface area (Å²) >= 11 is 7.59. The fourth-order valence-electron chi connectivity index (χ4n) is 18.6. The molecule has 0 aliphatic heterocycles. The number of para-hydroxylation sites is 5. The molecule has 2 N–H and O–H groups in total. The van der Waals surface area contributed by atoms with Crippen molar-refractivity contribution in [2.75, 3.05) is 15.5 Å². The molecular formula is C117H89N7O2S3. The number of hydrogen-bond donors (Lipinski definition) is 2. The van der Waals surface area contributed by atoms with Crippen LogP contribution in [-0.2, 0) is 0 Å². The lowest BCUT2D eigenvalue weighted by Gasteiger charge is -2.26. The first-order valence-electron chi connectivity index (χ1n) is 43.0. The molecule has 0 saturated carbocycles. The number of carbonyl (C=O) groups is 2. The summed E-state index contributed by atoms with van der Waals surface area (Å²) in [5.41, 5.74) is 43.9. The monoisotopic (exact) mass is 1720 g/mol. The maximum Gasteiger partial charge on any atom is 0.152 e. The summed E-state index contributed by atoms with van der Waals surface area (Å²) in [4.78, 5) is 40.3. The largest absolute Gasteiger partial charge is 0.398 e. The lowest BCUT2D eigenvalue weighted by atomic mass is 9.88. The molecule has 12 heteroatoms. The van der Waals surface area contributed by atoms with Gasteiger partial charge in [-0.3, -0.25) is 9.59 Å². The number of anilines is 7. The number of carbonyl (C=O) groups excluding carboxylic acids is 2. The highest BCUT2D eigenvalue weighted by Gasteiger charge is 2.34. The van der Waals surface area contributed by atoms with Crippen LogP contribution in [0.5, 0.6) is 0 Å². The van der Waals surface area contributed by atoms with Crippen LogP contribution < -0.4 is 15.5 Å². The molecular weight excluding hydrogens is 1630 g/mol. The average molecular weight is 1720 g/mol. The van der Waals surface area contributed by atoms with Gasteiger partial charge in [-0.15, -0.1) is 35.3 Å². The van der Waals surface area contributed by atoms with E-state index in [2.05, 4.69) is 405 Å². The number of aryl methyl sites for hydroxylation is 4. The summed E-state index contributed by atoms with van der Waals surface area (Å²) < 4.78 is 7.04. The molecule has 4 aromatic heterocycles. The van der Waals surface area contributed by atoms with E-state index in [0.717, 1.165) is 156 Å². The van der Waals surface area contributed by atoms with Gasteiger partial charge in [-0.05, 0) is 252 Å². The molecule has 2 aliphatic carbocycles. The second kappa shape index (κ2) is 34.9. The van der Waals surface area contributed by atoms with E-state index >= 15 is 0 Å². The molecule has 17 aromatic carbocycles. The van der Waals surface area contributed by atoms with Crippen LogP contribution in [-0.4, -0.2) is 31.7 Å². The molecule has 0 fully saturated rings. The van der Waals surface area contributed by atoms with Crippen LogP contribution in [0.25, 0.3) is 120 Å². The maximum atomic E-state index is 12.9. The van der Waals surface area contributed by atoms with Crippen molar-refractivity contribution in [3.05, 3.63) is 467 Å². The molecule has 4 heterocycles. The Labute approximate surface area is 764 Å². The van der Waals surface area contributed by atoms with Gasteiger partial charge in [-0.2, -0.15) is 0 Å². The van der Waals surface area contributed by atoms with Crippen molar-refractivity contribution < 1.29 is 9.59 Å². The molecule has 0 bridgehead atoms. The first kappa shape index (κ1) is 82.0. The van der Waals surface area contributed by atoms with Gasteiger partial charge in [0.2, 0.25) is 0 Å². The van der Waals surface area contributed by atoms with Gasteiger partial charge >= 0.3 is 0 Å². The zero-order valence-electron chi connectivity index (χ0n) is 70.8. The van der Waals surface area contributed by atoms with Crippen LogP contribution in [0.1, 0.15) is 95.6 Å². The summed E-state index contributed by atoms with van der Waals surface area (Å²) in [5, 5.41) is 4.15. The molecule has 0 spiro atoms. The third kappa shape index (κ3) is 15.4. The fraction of sp³-hybridized carbons (Fsp3) is 0.0598. The Morgan fingerprint density at radius 1 is 0.341 bits per heavy atom. The number of thiazole rings is 2. The van der Waals surface area contributed by atoms with E-state index in [1.54, 1.807) is 22.7 Å². The Kier molecular flexibility index (Phi) is 22.2. The highest BCUT2D eigenvalue weighted by molar-refractivity contribution is 7.80. The summed E-state index contributed by atoms with van der Waals surface area (Å²) in [6.45, 7) is 8.48. The van der Waals surface area contributed by atoms with Crippen molar-refractivity contribution >= 4 is 130 Å².